The third kappa shape index (κ3) is 3.31. The molecule has 2 aromatic carbocycles. The van der Waals surface area contributed by atoms with Crippen molar-refractivity contribution in [3.63, 3.8) is 0 Å². The average Bonchev–Trinajstić information content (AvgIpc) is 2.42. The van der Waals surface area contributed by atoms with Gasteiger partial charge in [0.2, 0.25) is 5.91 Å². The number of halogens is 1. The van der Waals surface area contributed by atoms with Gasteiger partial charge in [0.05, 0.1) is 17.8 Å². The summed E-state index contributed by atoms with van der Waals surface area (Å²) in [6.45, 7) is 3.94. The van der Waals surface area contributed by atoms with Gasteiger partial charge in [0.25, 0.3) is 0 Å². The third-order valence-electron chi connectivity index (χ3n) is 3.31. The second-order valence-electron chi connectivity index (χ2n) is 4.82. The van der Waals surface area contributed by atoms with Gasteiger partial charge in [-0.15, -0.1) is 0 Å². The lowest BCUT2D eigenvalue weighted by atomic mass is 10.1. The molecule has 0 saturated carbocycles. The summed E-state index contributed by atoms with van der Waals surface area (Å²) in [5.74, 6) is -0.0901. The minimum absolute atomic E-state index is 0.0901. The van der Waals surface area contributed by atoms with E-state index in [0.717, 1.165) is 16.7 Å². The zero-order chi connectivity index (χ0) is 14.7. The number of aryl methyl sites for hydroxylation is 1. The van der Waals surface area contributed by atoms with Gasteiger partial charge in [-0.2, -0.15) is 0 Å². The summed E-state index contributed by atoms with van der Waals surface area (Å²) in [7, 11) is 0. The van der Waals surface area contributed by atoms with Crippen molar-refractivity contribution in [1.82, 2.24) is 0 Å². The lowest BCUT2D eigenvalue weighted by molar-refractivity contribution is -0.115. The predicted molar refractivity (Wildman–Crippen MR) is 84.1 cm³/mol. The quantitative estimate of drug-likeness (QED) is 0.846. The fourth-order valence-corrected chi connectivity index (χ4v) is 2.10. The normalized spacial score (nSPS) is 10.3. The van der Waals surface area contributed by atoms with Crippen molar-refractivity contribution in [3.8, 4) is 0 Å². The van der Waals surface area contributed by atoms with Crippen molar-refractivity contribution < 1.29 is 4.79 Å². The molecule has 0 aliphatic carbocycles. The Labute approximate surface area is 123 Å². The van der Waals surface area contributed by atoms with Crippen LogP contribution < -0.4 is 11.1 Å². The highest BCUT2D eigenvalue weighted by Gasteiger charge is 2.10. The first-order valence-electron chi connectivity index (χ1n) is 6.37. The molecular formula is C16H17ClN2O. The molecule has 0 heterocycles. The maximum absolute atomic E-state index is 12.1. The molecule has 0 unspecified atom stereocenters. The molecule has 0 fully saturated rings. The summed E-state index contributed by atoms with van der Waals surface area (Å²) in [4.78, 5) is 12.1. The first-order chi connectivity index (χ1) is 9.47. The number of nitrogens with one attached hydrogen (secondary N) is 1. The van der Waals surface area contributed by atoms with Crippen LogP contribution in [0.5, 0.6) is 0 Å². The lowest BCUT2D eigenvalue weighted by Gasteiger charge is -2.13. The molecule has 0 aromatic heterocycles. The lowest BCUT2D eigenvalue weighted by Crippen LogP contribution is -2.16. The Balaban J connectivity index is 2.12. The summed E-state index contributed by atoms with van der Waals surface area (Å²) < 4.78 is 0. The highest BCUT2D eigenvalue weighted by molar-refractivity contribution is 6.30. The summed E-state index contributed by atoms with van der Waals surface area (Å²) in [6.07, 6.45) is 0.296. The molecule has 1 amide bonds. The Morgan fingerprint density at radius 2 is 1.80 bits per heavy atom. The second kappa shape index (κ2) is 5.97. The topological polar surface area (TPSA) is 55.1 Å². The monoisotopic (exact) mass is 288 g/mol. The van der Waals surface area contributed by atoms with Crippen LogP contribution in [0.4, 0.5) is 11.4 Å². The minimum atomic E-state index is -0.0901. The third-order valence-corrected chi connectivity index (χ3v) is 3.56. The van der Waals surface area contributed by atoms with Crippen LogP contribution in [0.2, 0.25) is 5.02 Å². The fraction of sp³-hybridized carbons (Fsp3) is 0.188. The van der Waals surface area contributed by atoms with Crippen LogP contribution in [0, 0.1) is 13.8 Å². The predicted octanol–water partition coefficient (Wildman–Crippen LogP) is 3.72. The van der Waals surface area contributed by atoms with Gasteiger partial charge in [-0.05, 0) is 48.7 Å². The van der Waals surface area contributed by atoms with Gasteiger partial charge >= 0.3 is 0 Å². The minimum Gasteiger partial charge on any atom is -0.397 e. The van der Waals surface area contributed by atoms with Crippen molar-refractivity contribution in [1.29, 1.82) is 0 Å². The van der Waals surface area contributed by atoms with Gasteiger partial charge < -0.3 is 11.1 Å². The van der Waals surface area contributed by atoms with Crippen LogP contribution in [-0.4, -0.2) is 5.91 Å². The first kappa shape index (κ1) is 14.4. The number of benzene rings is 2. The number of nitrogens with two attached hydrogens (primary N) is 1. The summed E-state index contributed by atoms with van der Waals surface area (Å²) in [5, 5.41) is 3.55. The Bertz CT molecular complexity index is 636. The second-order valence-corrected chi connectivity index (χ2v) is 5.26. The van der Waals surface area contributed by atoms with E-state index in [0.29, 0.717) is 22.8 Å². The number of anilines is 2. The number of amides is 1. The highest BCUT2D eigenvalue weighted by Crippen LogP contribution is 2.26. The van der Waals surface area contributed by atoms with E-state index in [1.165, 1.54) is 0 Å². The Morgan fingerprint density at radius 3 is 2.45 bits per heavy atom. The van der Waals surface area contributed by atoms with Gasteiger partial charge in [0.1, 0.15) is 0 Å². The molecule has 2 rings (SSSR count). The molecule has 0 aliphatic rings. The molecule has 3 nitrogen and oxygen atoms in total. The van der Waals surface area contributed by atoms with E-state index >= 15 is 0 Å². The van der Waals surface area contributed by atoms with Crippen LogP contribution in [0.1, 0.15) is 16.7 Å². The van der Waals surface area contributed by atoms with Crippen LogP contribution >= 0.6 is 11.6 Å². The zero-order valence-electron chi connectivity index (χ0n) is 11.5. The molecule has 20 heavy (non-hydrogen) atoms. The number of rotatable bonds is 3. The van der Waals surface area contributed by atoms with E-state index in [4.69, 9.17) is 17.3 Å². The van der Waals surface area contributed by atoms with Crippen LogP contribution in [0.15, 0.2) is 36.4 Å². The number of carbonyl (C=O) groups excluding carboxylic acids is 1. The molecule has 2 aromatic rings. The smallest absolute Gasteiger partial charge is 0.228 e. The molecule has 0 spiro atoms. The number of hydrogen-bond acceptors (Lipinski definition) is 2. The summed E-state index contributed by atoms with van der Waals surface area (Å²) in [6, 6.07) is 11.0. The maximum Gasteiger partial charge on any atom is 0.228 e. The van der Waals surface area contributed by atoms with Crippen molar-refractivity contribution in [2.45, 2.75) is 20.3 Å². The van der Waals surface area contributed by atoms with Gasteiger partial charge in [0.15, 0.2) is 0 Å². The van der Waals surface area contributed by atoms with Crippen molar-refractivity contribution in [3.05, 3.63) is 58.1 Å². The van der Waals surface area contributed by atoms with Crippen molar-refractivity contribution in [2.75, 3.05) is 11.1 Å². The summed E-state index contributed by atoms with van der Waals surface area (Å²) >= 11 is 5.82. The van der Waals surface area contributed by atoms with Crippen molar-refractivity contribution >= 4 is 28.9 Å². The number of nitrogen functional groups attached to an aromatic ring is 1. The molecular weight excluding hydrogens is 272 g/mol. The Kier molecular flexibility index (Phi) is 4.30. The van der Waals surface area contributed by atoms with Crippen LogP contribution in [0.25, 0.3) is 0 Å². The maximum atomic E-state index is 12.1. The first-order valence-corrected chi connectivity index (χ1v) is 6.75. The highest BCUT2D eigenvalue weighted by atomic mass is 35.5. The van der Waals surface area contributed by atoms with E-state index in [-0.39, 0.29) is 5.91 Å². The molecule has 0 bridgehead atoms. The van der Waals surface area contributed by atoms with E-state index in [1.54, 1.807) is 18.2 Å². The van der Waals surface area contributed by atoms with Gasteiger partial charge in [-0.3, -0.25) is 4.79 Å². The SMILES string of the molecule is Cc1ccc(N)c(NC(=O)Cc2ccc(Cl)cc2)c1C. The van der Waals surface area contributed by atoms with E-state index in [9.17, 15) is 4.79 Å². The molecule has 0 aliphatic heterocycles. The Morgan fingerprint density at radius 1 is 1.15 bits per heavy atom. The van der Waals surface area contributed by atoms with E-state index in [2.05, 4.69) is 5.32 Å². The van der Waals surface area contributed by atoms with Crippen molar-refractivity contribution in [2.24, 2.45) is 0 Å². The Hall–Kier alpha value is -2.00. The largest absolute Gasteiger partial charge is 0.397 e. The standard InChI is InChI=1S/C16H17ClN2O/c1-10-3-8-14(18)16(11(10)2)19-15(20)9-12-4-6-13(17)7-5-12/h3-8H,9,18H2,1-2H3,(H,19,20). The zero-order valence-corrected chi connectivity index (χ0v) is 12.3. The summed E-state index contributed by atoms with van der Waals surface area (Å²) in [5.41, 5.74) is 10.2. The molecule has 3 N–H and O–H groups in total. The average molecular weight is 289 g/mol. The van der Waals surface area contributed by atoms with E-state index in [1.807, 2.05) is 32.0 Å². The van der Waals surface area contributed by atoms with E-state index < -0.39 is 0 Å². The number of hydrogen-bond donors (Lipinski definition) is 2. The number of carbonyl (C=O) groups is 1. The molecule has 0 saturated heterocycles. The van der Waals surface area contributed by atoms with Crippen LogP contribution in [0.3, 0.4) is 0 Å². The van der Waals surface area contributed by atoms with Gasteiger partial charge in [-0.25, -0.2) is 0 Å². The molecule has 0 radical (unpaired) electrons. The molecule has 0 atom stereocenters. The fourth-order valence-electron chi connectivity index (χ4n) is 1.97. The molecule has 4 heteroatoms. The van der Waals surface area contributed by atoms with Gasteiger partial charge in [0, 0.05) is 5.02 Å². The molecule has 104 valence electrons. The van der Waals surface area contributed by atoms with Gasteiger partial charge in [-0.1, -0.05) is 29.8 Å². The van der Waals surface area contributed by atoms with Crippen LogP contribution in [-0.2, 0) is 11.2 Å².